The van der Waals surface area contributed by atoms with Gasteiger partial charge in [0.2, 0.25) is 0 Å². The minimum Gasteiger partial charge on any atom is -0.309 e. The van der Waals surface area contributed by atoms with Crippen LogP contribution in [0.5, 0.6) is 0 Å². The van der Waals surface area contributed by atoms with Gasteiger partial charge in [-0.25, -0.2) is 9.97 Å². The maximum atomic E-state index is 9.55. The van der Waals surface area contributed by atoms with Crippen LogP contribution >= 0.6 is 0 Å². The molecule has 0 aliphatic heterocycles. The predicted molar refractivity (Wildman–Crippen MR) is 290 cm³/mol. The Kier molecular flexibility index (Phi) is 6.74. The minimum absolute atomic E-state index is 0.0445. The summed E-state index contributed by atoms with van der Waals surface area (Å²) in [6.07, 6.45) is 0. The average molecular weight is 901 g/mol. The molecule has 15 aromatic rings. The van der Waals surface area contributed by atoms with Gasteiger partial charge in [0.25, 0.3) is 0 Å². The summed E-state index contributed by atoms with van der Waals surface area (Å²) in [7, 11) is 0. The van der Waals surface area contributed by atoms with Gasteiger partial charge in [-0.05, 0) is 83.9 Å². The highest BCUT2D eigenvalue weighted by Crippen LogP contribution is 2.44. The molecule has 0 amide bonds. The zero-order valence-electron chi connectivity index (χ0n) is 45.2. The Labute approximate surface area is 413 Å². The summed E-state index contributed by atoms with van der Waals surface area (Å²) in [5.41, 5.74) is 9.69. The van der Waals surface area contributed by atoms with Crippen molar-refractivity contribution in [2.45, 2.75) is 0 Å². The molecule has 10 aromatic carbocycles. The first kappa shape index (κ1) is 31.5. The van der Waals surface area contributed by atoms with Gasteiger partial charge < -0.3 is 9.13 Å². The molecule has 6 heteroatoms. The average Bonchev–Trinajstić information content (AvgIpc) is 4.43. The van der Waals surface area contributed by atoms with Crippen LogP contribution in [0.3, 0.4) is 0 Å². The van der Waals surface area contributed by atoms with E-state index in [9.17, 15) is 5.48 Å². The van der Waals surface area contributed by atoms with E-state index in [0.717, 1.165) is 87.9 Å². The van der Waals surface area contributed by atoms with Gasteiger partial charge in [-0.1, -0.05) is 164 Å². The molecule has 0 unspecified atom stereocenters. The number of fused-ring (bicyclic) bond motifs is 12. The van der Waals surface area contributed by atoms with E-state index < -0.39 is 48.3 Å². The van der Waals surface area contributed by atoms with E-state index in [-0.39, 0.29) is 33.4 Å². The molecule has 0 atom stereocenters. The standard InChI is InChI=1S/C64H40N6/c1-2-19-42(20-3-1)67-52-29-11-10-27-50(52)51-39-41(37-38-59(51)67)43-28-18-36-60(68-53-30-12-4-21-44(53)45-22-5-13-31-54(45)68)63(43)64-65-61(69-55-32-14-6-23-46(55)47-24-7-15-33-56(47)69)40-62(66-64)70-57-34-16-8-25-48(57)49-26-9-17-35-58(49)70/h1-40H/i6D,7D,14D,15D,23D,24D,32D,33D. The van der Waals surface area contributed by atoms with Crippen molar-refractivity contribution in [3.63, 3.8) is 0 Å². The SMILES string of the molecule is [2H]c1c([2H])c([2H])c2c(c1[2H])c1c([2H])c([2H])c([2H])c([2H])c1n2-c1cc(-n2c3ccccc3c3ccccc32)nc(-c2c(-c3ccc4c(c3)c3ccccc3n4-c3ccccc3)cccc2-n2c3ccccc3c3ccccc32)n1. The first-order valence-electron chi connectivity index (χ1n) is 27.2. The van der Waals surface area contributed by atoms with Crippen molar-refractivity contribution in [1.29, 1.82) is 0 Å². The molecule has 5 heterocycles. The Morgan fingerprint density at radius 2 is 0.757 bits per heavy atom. The first-order chi connectivity index (χ1) is 38.1. The number of aromatic nitrogens is 6. The van der Waals surface area contributed by atoms with Crippen LogP contribution in [-0.2, 0) is 0 Å². The number of hydrogen-bond acceptors (Lipinski definition) is 2. The fourth-order valence-electron chi connectivity index (χ4n) is 11.0. The largest absolute Gasteiger partial charge is 0.309 e. The topological polar surface area (TPSA) is 45.5 Å². The molecule has 0 saturated carbocycles. The molecule has 0 N–H and O–H groups in total. The maximum absolute atomic E-state index is 9.55. The second-order valence-corrected chi connectivity index (χ2v) is 17.5. The van der Waals surface area contributed by atoms with Crippen molar-refractivity contribution in [3.8, 4) is 45.5 Å². The Morgan fingerprint density at radius 3 is 1.31 bits per heavy atom. The molecule has 15 rings (SSSR count). The van der Waals surface area contributed by atoms with Crippen LogP contribution in [0, 0.1) is 0 Å². The highest BCUT2D eigenvalue weighted by atomic mass is 15.2. The molecule has 0 bridgehead atoms. The predicted octanol–water partition coefficient (Wildman–Crippen LogP) is 16.2. The fraction of sp³-hybridized carbons (Fsp3) is 0. The molecule has 0 aliphatic rings. The van der Waals surface area contributed by atoms with Crippen molar-refractivity contribution in [2.24, 2.45) is 0 Å². The van der Waals surface area contributed by atoms with Gasteiger partial charge in [-0.3, -0.25) is 9.13 Å². The summed E-state index contributed by atoms with van der Waals surface area (Å²) in [5.74, 6) is 0.782. The van der Waals surface area contributed by atoms with Crippen molar-refractivity contribution in [1.82, 2.24) is 28.2 Å². The summed E-state index contributed by atoms with van der Waals surface area (Å²) in [6.45, 7) is 0. The number of benzene rings is 10. The summed E-state index contributed by atoms with van der Waals surface area (Å²) >= 11 is 0. The Hall–Kier alpha value is -9.52. The lowest BCUT2D eigenvalue weighted by Crippen LogP contribution is -2.08. The van der Waals surface area contributed by atoms with Crippen molar-refractivity contribution >= 4 is 87.2 Å². The lowest BCUT2D eigenvalue weighted by Gasteiger charge is -2.19. The molecule has 326 valence electrons. The third-order valence-electron chi connectivity index (χ3n) is 13.9. The molecule has 6 nitrogen and oxygen atoms in total. The Balaban J connectivity index is 1.13. The third-order valence-corrected chi connectivity index (χ3v) is 13.9. The van der Waals surface area contributed by atoms with E-state index in [4.69, 9.17) is 15.5 Å². The number of nitrogens with zero attached hydrogens (tertiary/aromatic N) is 6. The molecule has 0 aliphatic carbocycles. The van der Waals surface area contributed by atoms with Crippen molar-refractivity contribution in [3.05, 3.63) is 242 Å². The van der Waals surface area contributed by atoms with Crippen LogP contribution in [0.15, 0.2) is 242 Å². The zero-order chi connectivity index (χ0) is 52.8. The van der Waals surface area contributed by atoms with E-state index in [2.05, 4.69) is 117 Å². The van der Waals surface area contributed by atoms with E-state index in [1.807, 2.05) is 84.9 Å². The van der Waals surface area contributed by atoms with E-state index in [0.29, 0.717) is 11.4 Å². The lowest BCUT2D eigenvalue weighted by atomic mass is 9.95. The van der Waals surface area contributed by atoms with Gasteiger partial charge >= 0.3 is 0 Å². The van der Waals surface area contributed by atoms with Gasteiger partial charge in [0, 0.05) is 54.8 Å². The van der Waals surface area contributed by atoms with Crippen molar-refractivity contribution in [2.75, 3.05) is 0 Å². The number of hydrogen-bond donors (Lipinski definition) is 0. The van der Waals surface area contributed by atoms with Crippen molar-refractivity contribution < 1.29 is 11.0 Å². The smallest absolute Gasteiger partial charge is 0.166 e. The van der Waals surface area contributed by atoms with Crippen LogP contribution in [-0.4, -0.2) is 28.2 Å². The molecular formula is C64H40N6. The van der Waals surface area contributed by atoms with E-state index in [1.165, 1.54) is 4.57 Å². The van der Waals surface area contributed by atoms with Crippen LogP contribution in [0.2, 0.25) is 0 Å². The van der Waals surface area contributed by atoms with Gasteiger partial charge in [0.1, 0.15) is 11.6 Å². The first-order valence-corrected chi connectivity index (χ1v) is 23.2. The molecule has 70 heavy (non-hydrogen) atoms. The highest BCUT2D eigenvalue weighted by Gasteiger charge is 2.25. The number of rotatable bonds is 6. The summed E-state index contributed by atoms with van der Waals surface area (Å²) in [4.78, 5) is 11.2. The van der Waals surface area contributed by atoms with Gasteiger partial charge in [0.15, 0.2) is 5.82 Å². The lowest BCUT2D eigenvalue weighted by molar-refractivity contribution is 0.991. The third kappa shape index (κ3) is 5.56. The molecule has 5 aromatic heterocycles. The van der Waals surface area contributed by atoms with E-state index >= 15 is 0 Å². The second kappa shape index (κ2) is 15.0. The highest BCUT2D eigenvalue weighted by molar-refractivity contribution is 6.14. The minimum atomic E-state index is -0.526. The zero-order valence-corrected chi connectivity index (χ0v) is 37.2. The summed E-state index contributed by atoms with van der Waals surface area (Å²) < 4.78 is 81.5. The fourth-order valence-corrected chi connectivity index (χ4v) is 11.0. The monoisotopic (exact) mass is 900 g/mol. The van der Waals surface area contributed by atoms with Gasteiger partial charge in [-0.2, -0.15) is 0 Å². The maximum Gasteiger partial charge on any atom is 0.166 e. The van der Waals surface area contributed by atoms with Gasteiger partial charge in [0.05, 0.1) is 66.4 Å². The van der Waals surface area contributed by atoms with Crippen LogP contribution < -0.4 is 0 Å². The Bertz CT molecular complexity index is 4910. The molecular weight excluding hydrogens is 853 g/mol. The molecule has 0 spiro atoms. The molecule has 0 fully saturated rings. The molecule has 0 radical (unpaired) electrons. The number of para-hydroxylation sites is 8. The van der Waals surface area contributed by atoms with Gasteiger partial charge in [-0.15, -0.1) is 0 Å². The van der Waals surface area contributed by atoms with E-state index in [1.54, 1.807) is 6.07 Å². The summed E-state index contributed by atoms with van der Waals surface area (Å²) in [6, 6.07) is 62.1. The van der Waals surface area contributed by atoms with Crippen LogP contribution in [0.1, 0.15) is 11.0 Å². The quantitative estimate of drug-likeness (QED) is 0.167. The van der Waals surface area contributed by atoms with Crippen LogP contribution in [0.25, 0.3) is 133 Å². The second-order valence-electron chi connectivity index (χ2n) is 17.5. The van der Waals surface area contributed by atoms with Crippen LogP contribution in [0.4, 0.5) is 0 Å². The Morgan fingerprint density at radius 1 is 0.314 bits per heavy atom. The molecule has 0 saturated heterocycles. The summed E-state index contributed by atoms with van der Waals surface area (Å²) in [5, 5.41) is 6.07. The normalized spacial score (nSPS) is 13.6.